The van der Waals surface area contributed by atoms with E-state index in [4.69, 9.17) is 4.74 Å². The maximum atomic E-state index is 15.2. The van der Waals surface area contributed by atoms with Crippen molar-refractivity contribution in [3.05, 3.63) is 64.1 Å². The topological polar surface area (TPSA) is 114 Å². The fraction of sp³-hybridized carbons (Fsp3) is 0.407. The summed E-state index contributed by atoms with van der Waals surface area (Å²) >= 11 is 0. The van der Waals surface area contributed by atoms with E-state index in [0.29, 0.717) is 22.3 Å². The van der Waals surface area contributed by atoms with Crippen molar-refractivity contribution in [2.24, 2.45) is 7.05 Å². The lowest BCUT2D eigenvalue weighted by Gasteiger charge is -2.33. The zero-order chi connectivity index (χ0) is 27.1. The van der Waals surface area contributed by atoms with Crippen LogP contribution in [0.2, 0.25) is 0 Å². The highest BCUT2D eigenvalue weighted by atomic mass is 19.1. The minimum atomic E-state index is -1.43. The number of nitrogens with zero attached hydrogens (tertiary/aromatic N) is 4. The van der Waals surface area contributed by atoms with Gasteiger partial charge < -0.3 is 14.7 Å². The Labute approximate surface area is 217 Å². The number of imide groups is 1. The van der Waals surface area contributed by atoms with E-state index in [2.05, 4.69) is 0 Å². The van der Waals surface area contributed by atoms with Crippen LogP contribution in [0.15, 0.2) is 47.3 Å². The van der Waals surface area contributed by atoms with Gasteiger partial charge in [-0.3, -0.25) is 23.6 Å². The molecule has 0 saturated carbocycles. The van der Waals surface area contributed by atoms with Gasteiger partial charge in [-0.1, -0.05) is 24.3 Å². The number of fused-ring (bicyclic) bond motifs is 1. The number of para-hydroxylation sites is 1. The van der Waals surface area contributed by atoms with Gasteiger partial charge in [0.15, 0.2) is 0 Å². The van der Waals surface area contributed by atoms with E-state index in [1.54, 1.807) is 56.6 Å². The summed E-state index contributed by atoms with van der Waals surface area (Å²) in [7, 11) is 3.13. The Morgan fingerprint density at radius 1 is 1.11 bits per heavy atom. The van der Waals surface area contributed by atoms with E-state index in [-0.39, 0.29) is 44.8 Å². The summed E-state index contributed by atoms with van der Waals surface area (Å²) in [5, 5.41) is 9.24. The first-order valence-electron chi connectivity index (χ1n) is 12.5. The summed E-state index contributed by atoms with van der Waals surface area (Å²) in [5.74, 6) is -0.701. The molecule has 2 fully saturated rings. The first-order chi connectivity index (χ1) is 18.2. The van der Waals surface area contributed by atoms with Gasteiger partial charge in [-0.15, -0.1) is 0 Å². The Balaban J connectivity index is 1.49. The molecule has 2 saturated heterocycles. The second kappa shape index (κ2) is 9.96. The molecule has 3 aromatic rings. The quantitative estimate of drug-likeness (QED) is 0.514. The van der Waals surface area contributed by atoms with E-state index in [1.165, 1.54) is 14.0 Å². The number of carbonyl (C=O) groups is 3. The van der Waals surface area contributed by atoms with Crippen LogP contribution < -0.4 is 10.4 Å². The maximum Gasteiger partial charge on any atom is 0.407 e. The summed E-state index contributed by atoms with van der Waals surface area (Å²) in [6.07, 6.45) is -2.03. The molecular weight excluding hydrogens is 495 g/mol. The third kappa shape index (κ3) is 4.31. The standard InChI is InChI=1S/C27H29FN4O6/c1-29-24-19(18-12-13-30(27(36)37)15-20(18)28)4-3-5-21(24)32(26(29)35)22-10-11-23(33)31(25(22)34)14-16-6-8-17(38-2)9-7-16/h3-9,18,20,22H,10-15H2,1-2H3,(H,36,37)/t18-,20+,22?/m1/s1. The molecule has 200 valence electrons. The first kappa shape index (κ1) is 25.5. The normalized spacial score (nSPS) is 22.2. The summed E-state index contributed by atoms with van der Waals surface area (Å²) in [6.45, 7) is 0.0260. The second-order valence-electron chi connectivity index (χ2n) is 9.79. The fourth-order valence-corrected chi connectivity index (χ4v) is 5.64. The summed E-state index contributed by atoms with van der Waals surface area (Å²) in [5.41, 5.74) is 1.93. The molecule has 10 nitrogen and oxygen atoms in total. The zero-order valence-corrected chi connectivity index (χ0v) is 21.2. The number of halogens is 1. The van der Waals surface area contributed by atoms with Crippen molar-refractivity contribution in [3.8, 4) is 5.75 Å². The number of carboxylic acid groups (broad SMARTS) is 1. The molecular formula is C27H29FN4O6. The van der Waals surface area contributed by atoms with E-state index in [9.17, 15) is 24.3 Å². The predicted molar refractivity (Wildman–Crippen MR) is 136 cm³/mol. The Morgan fingerprint density at radius 3 is 2.50 bits per heavy atom. The smallest absolute Gasteiger partial charge is 0.407 e. The second-order valence-corrected chi connectivity index (χ2v) is 9.79. The Morgan fingerprint density at radius 2 is 1.84 bits per heavy atom. The van der Waals surface area contributed by atoms with Gasteiger partial charge in [0.2, 0.25) is 5.91 Å². The summed E-state index contributed by atoms with van der Waals surface area (Å²) in [6, 6.07) is 11.4. The monoisotopic (exact) mass is 524 g/mol. The van der Waals surface area contributed by atoms with Gasteiger partial charge in [0, 0.05) is 25.9 Å². The molecule has 1 N–H and O–H groups in total. The van der Waals surface area contributed by atoms with Crippen molar-refractivity contribution >= 4 is 28.9 Å². The highest BCUT2D eigenvalue weighted by Crippen LogP contribution is 2.36. The van der Waals surface area contributed by atoms with Gasteiger partial charge in [-0.2, -0.15) is 0 Å². The minimum Gasteiger partial charge on any atom is -0.497 e. The lowest BCUT2D eigenvalue weighted by molar-refractivity contribution is -0.151. The van der Waals surface area contributed by atoms with Crippen molar-refractivity contribution in [3.63, 3.8) is 0 Å². The van der Waals surface area contributed by atoms with Crippen LogP contribution in [-0.4, -0.2) is 68.3 Å². The Kier molecular flexibility index (Phi) is 6.68. The number of aromatic nitrogens is 2. The molecule has 1 aromatic heterocycles. The minimum absolute atomic E-state index is 0.0780. The van der Waals surface area contributed by atoms with E-state index >= 15 is 4.39 Å². The number of imidazole rings is 1. The molecule has 3 amide bonds. The number of likely N-dealkylation sites (tertiary alicyclic amines) is 2. The molecule has 3 heterocycles. The van der Waals surface area contributed by atoms with Crippen molar-refractivity contribution in [2.75, 3.05) is 20.2 Å². The number of rotatable bonds is 5. The number of piperidine rings is 2. The number of ether oxygens (including phenoxy) is 1. The largest absolute Gasteiger partial charge is 0.497 e. The van der Waals surface area contributed by atoms with Crippen LogP contribution in [0.5, 0.6) is 5.75 Å². The van der Waals surface area contributed by atoms with Gasteiger partial charge >= 0.3 is 11.8 Å². The number of alkyl halides is 1. The number of benzene rings is 2. The maximum absolute atomic E-state index is 15.2. The molecule has 2 aliphatic rings. The zero-order valence-electron chi connectivity index (χ0n) is 21.2. The summed E-state index contributed by atoms with van der Waals surface area (Å²) in [4.78, 5) is 53.4. The third-order valence-electron chi connectivity index (χ3n) is 7.64. The van der Waals surface area contributed by atoms with Gasteiger partial charge in [0.25, 0.3) is 5.91 Å². The van der Waals surface area contributed by atoms with E-state index in [0.717, 1.165) is 10.5 Å². The molecule has 0 aliphatic carbocycles. The van der Waals surface area contributed by atoms with Gasteiger partial charge in [0.1, 0.15) is 18.0 Å². The van der Waals surface area contributed by atoms with E-state index in [1.807, 2.05) is 0 Å². The van der Waals surface area contributed by atoms with Crippen LogP contribution in [0, 0.1) is 0 Å². The highest BCUT2D eigenvalue weighted by Gasteiger charge is 2.39. The predicted octanol–water partition coefficient (Wildman–Crippen LogP) is 3.04. The van der Waals surface area contributed by atoms with E-state index < -0.39 is 35.8 Å². The molecule has 3 atom stereocenters. The number of hydrogen-bond acceptors (Lipinski definition) is 5. The van der Waals surface area contributed by atoms with Crippen molar-refractivity contribution in [1.82, 2.24) is 18.9 Å². The molecule has 5 rings (SSSR count). The summed E-state index contributed by atoms with van der Waals surface area (Å²) < 4.78 is 23.2. The van der Waals surface area contributed by atoms with Gasteiger partial charge in [0.05, 0.1) is 31.2 Å². The lowest BCUT2D eigenvalue weighted by atomic mass is 9.87. The van der Waals surface area contributed by atoms with Crippen molar-refractivity contribution in [1.29, 1.82) is 0 Å². The molecule has 11 heteroatoms. The molecule has 0 bridgehead atoms. The first-order valence-corrected chi connectivity index (χ1v) is 12.5. The number of aryl methyl sites for hydroxylation is 1. The molecule has 2 aromatic carbocycles. The number of hydrogen-bond donors (Lipinski definition) is 1. The van der Waals surface area contributed by atoms with Crippen LogP contribution in [0.25, 0.3) is 11.0 Å². The molecule has 2 aliphatic heterocycles. The molecule has 0 radical (unpaired) electrons. The van der Waals surface area contributed by atoms with Crippen LogP contribution >= 0.6 is 0 Å². The van der Waals surface area contributed by atoms with Crippen LogP contribution in [-0.2, 0) is 23.2 Å². The van der Waals surface area contributed by atoms with Crippen molar-refractivity contribution in [2.45, 2.75) is 43.9 Å². The average Bonchev–Trinajstić information content (AvgIpc) is 3.16. The van der Waals surface area contributed by atoms with Gasteiger partial charge in [-0.05, 0) is 42.2 Å². The van der Waals surface area contributed by atoms with Gasteiger partial charge in [-0.25, -0.2) is 14.0 Å². The molecule has 0 spiro atoms. The number of amides is 3. The number of carbonyl (C=O) groups excluding carboxylic acids is 2. The molecule has 1 unspecified atom stereocenters. The third-order valence-corrected chi connectivity index (χ3v) is 7.64. The lowest BCUT2D eigenvalue weighted by Crippen LogP contribution is -2.47. The van der Waals surface area contributed by atoms with Crippen LogP contribution in [0.3, 0.4) is 0 Å². The highest BCUT2D eigenvalue weighted by molar-refractivity contribution is 6.00. The molecule has 38 heavy (non-hydrogen) atoms. The number of methoxy groups -OCH3 is 1. The Hall–Kier alpha value is -4.15. The van der Waals surface area contributed by atoms with Crippen LogP contribution in [0.4, 0.5) is 9.18 Å². The van der Waals surface area contributed by atoms with Crippen LogP contribution in [0.1, 0.15) is 42.3 Å². The van der Waals surface area contributed by atoms with Crippen molar-refractivity contribution < 1.29 is 28.6 Å². The Bertz CT molecular complexity index is 1460. The SMILES string of the molecule is COc1ccc(CN2C(=O)CCC(n3c(=O)n(C)c4c([C@H]5CCN(C(=O)O)C[C@@H]5F)cccc43)C2=O)cc1. The fourth-order valence-electron chi connectivity index (χ4n) is 5.64. The average molecular weight is 525 g/mol.